The van der Waals surface area contributed by atoms with Crippen LogP contribution >= 0.6 is 23.2 Å². The molecular weight excluding hydrogens is 463 g/mol. The second-order valence-electron chi connectivity index (χ2n) is 7.83. The van der Waals surface area contributed by atoms with Gasteiger partial charge in [-0.1, -0.05) is 23.2 Å². The Labute approximate surface area is 199 Å². The van der Waals surface area contributed by atoms with E-state index in [1.165, 1.54) is 19.5 Å². The van der Waals surface area contributed by atoms with E-state index in [0.29, 0.717) is 34.6 Å². The van der Waals surface area contributed by atoms with Gasteiger partial charge >= 0.3 is 0 Å². The number of aromatic nitrogens is 4. The standard InChI is InChI=1S/C23H20Cl2N6O2/c1-11-18-16(5-6-31(11)23(32)22-28-9-13(33-2)10-29-22)30-21-19(18)14(7-15(24)20(21)25)12-3-4-17(26)27-8-12/h3-4,7-11,30H,5-6H2,1-2H3,(H2,26,27)/t11-/m0/s1. The molecule has 4 heterocycles. The molecule has 1 aliphatic heterocycles. The van der Waals surface area contributed by atoms with Gasteiger partial charge in [0.05, 0.1) is 41.1 Å². The lowest BCUT2D eigenvalue weighted by Crippen LogP contribution is -2.39. The van der Waals surface area contributed by atoms with E-state index in [4.69, 9.17) is 33.7 Å². The fraction of sp³-hybridized carbons (Fsp3) is 0.217. The van der Waals surface area contributed by atoms with Crippen LogP contribution in [0.2, 0.25) is 10.0 Å². The van der Waals surface area contributed by atoms with Crippen molar-refractivity contribution < 1.29 is 9.53 Å². The quantitative estimate of drug-likeness (QED) is 0.438. The fourth-order valence-corrected chi connectivity index (χ4v) is 4.76. The normalized spacial score (nSPS) is 15.5. The second-order valence-corrected chi connectivity index (χ2v) is 8.62. The number of aromatic amines is 1. The van der Waals surface area contributed by atoms with Gasteiger partial charge in [0.2, 0.25) is 5.82 Å². The maximum absolute atomic E-state index is 13.3. The molecule has 0 bridgehead atoms. The third-order valence-corrected chi connectivity index (χ3v) is 6.78. The molecule has 3 N–H and O–H groups in total. The van der Waals surface area contributed by atoms with Crippen LogP contribution in [0.4, 0.5) is 5.82 Å². The van der Waals surface area contributed by atoms with E-state index in [1.54, 1.807) is 17.2 Å². The number of methoxy groups -OCH3 is 1. The SMILES string of the molecule is COc1cnc(C(=O)N2CCc3[nH]c4c(Cl)c(Cl)cc(-c5ccc(N)nc5)c4c3[C@@H]2C)nc1. The molecule has 1 aromatic carbocycles. The number of benzene rings is 1. The summed E-state index contributed by atoms with van der Waals surface area (Å²) in [6.07, 6.45) is 5.30. The summed E-state index contributed by atoms with van der Waals surface area (Å²) in [5, 5.41) is 1.78. The maximum Gasteiger partial charge on any atom is 0.292 e. The van der Waals surface area contributed by atoms with Crippen molar-refractivity contribution in [1.82, 2.24) is 24.8 Å². The molecule has 3 aromatic heterocycles. The Balaban J connectivity index is 1.64. The molecule has 8 nitrogen and oxygen atoms in total. The number of pyridine rings is 1. The zero-order valence-corrected chi connectivity index (χ0v) is 19.4. The number of H-pyrrole nitrogens is 1. The molecule has 0 aliphatic carbocycles. The number of ether oxygens (including phenoxy) is 1. The Bertz CT molecular complexity index is 1370. The van der Waals surface area contributed by atoms with Crippen LogP contribution in [-0.2, 0) is 6.42 Å². The van der Waals surface area contributed by atoms with Crippen molar-refractivity contribution in [3.05, 3.63) is 63.9 Å². The molecule has 5 rings (SSSR count). The lowest BCUT2D eigenvalue weighted by molar-refractivity contribution is 0.0665. The average Bonchev–Trinajstić information content (AvgIpc) is 3.23. The van der Waals surface area contributed by atoms with Crippen molar-refractivity contribution >= 4 is 45.8 Å². The number of fused-ring (bicyclic) bond motifs is 3. The number of carbonyl (C=O) groups is 1. The monoisotopic (exact) mass is 482 g/mol. The number of hydrogen-bond acceptors (Lipinski definition) is 6. The van der Waals surface area contributed by atoms with Crippen molar-refractivity contribution in [2.45, 2.75) is 19.4 Å². The molecule has 0 radical (unpaired) electrons. The van der Waals surface area contributed by atoms with Gasteiger partial charge in [-0.05, 0) is 30.7 Å². The average molecular weight is 483 g/mol. The molecule has 168 valence electrons. The molecule has 33 heavy (non-hydrogen) atoms. The number of nitrogens with one attached hydrogen (secondary N) is 1. The van der Waals surface area contributed by atoms with Crippen molar-refractivity contribution in [1.29, 1.82) is 0 Å². The highest BCUT2D eigenvalue weighted by Gasteiger charge is 2.34. The minimum absolute atomic E-state index is 0.120. The molecule has 0 spiro atoms. The summed E-state index contributed by atoms with van der Waals surface area (Å²) < 4.78 is 5.09. The first-order valence-corrected chi connectivity index (χ1v) is 11.1. The molecule has 0 saturated carbocycles. The largest absolute Gasteiger partial charge is 0.494 e. The van der Waals surface area contributed by atoms with Gasteiger partial charge in [0.1, 0.15) is 5.82 Å². The molecule has 1 aliphatic rings. The highest BCUT2D eigenvalue weighted by atomic mass is 35.5. The summed E-state index contributed by atoms with van der Waals surface area (Å²) in [7, 11) is 1.52. The van der Waals surface area contributed by atoms with E-state index < -0.39 is 0 Å². The fourth-order valence-electron chi connectivity index (χ4n) is 4.36. The smallest absolute Gasteiger partial charge is 0.292 e. The molecule has 1 atom stereocenters. The number of nitrogens with zero attached hydrogens (tertiary/aromatic N) is 4. The van der Waals surface area contributed by atoms with E-state index >= 15 is 0 Å². The first kappa shape index (κ1) is 21.5. The summed E-state index contributed by atoms with van der Waals surface area (Å²) in [4.78, 5) is 31.1. The van der Waals surface area contributed by atoms with Gasteiger partial charge in [-0.3, -0.25) is 4.79 Å². The molecule has 10 heteroatoms. The van der Waals surface area contributed by atoms with Gasteiger partial charge in [-0.25, -0.2) is 15.0 Å². The van der Waals surface area contributed by atoms with Gasteiger partial charge < -0.3 is 20.4 Å². The summed E-state index contributed by atoms with van der Waals surface area (Å²) in [6, 6.07) is 5.21. The van der Waals surface area contributed by atoms with Gasteiger partial charge in [-0.2, -0.15) is 0 Å². The van der Waals surface area contributed by atoms with Crippen molar-refractivity contribution in [2.24, 2.45) is 0 Å². The molecule has 4 aromatic rings. The summed E-state index contributed by atoms with van der Waals surface area (Å²) in [5.74, 6) is 0.789. The second kappa shape index (κ2) is 8.20. The molecule has 0 fully saturated rings. The summed E-state index contributed by atoms with van der Waals surface area (Å²) >= 11 is 13.1. The minimum atomic E-state index is -0.251. The summed E-state index contributed by atoms with van der Waals surface area (Å²) in [5.41, 5.74) is 10.2. The Morgan fingerprint density at radius 1 is 1.21 bits per heavy atom. The van der Waals surface area contributed by atoms with Crippen LogP contribution in [0.25, 0.3) is 22.0 Å². The van der Waals surface area contributed by atoms with Crippen LogP contribution in [0.3, 0.4) is 0 Å². The maximum atomic E-state index is 13.3. The zero-order chi connectivity index (χ0) is 23.3. The number of anilines is 1. The minimum Gasteiger partial charge on any atom is -0.494 e. The van der Waals surface area contributed by atoms with E-state index in [1.807, 2.05) is 19.1 Å². The number of nitrogens with two attached hydrogens (primary N) is 1. The highest BCUT2D eigenvalue weighted by Crippen LogP contribution is 2.45. The van der Waals surface area contributed by atoms with E-state index in [9.17, 15) is 4.79 Å². The topological polar surface area (TPSA) is 110 Å². The number of hydrogen-bond donors (Lipinski definition) is 2. The highest BCUT2D eigenvalue weighted by molar-refractivity contribution is 6.45. The van der Waals surface area contributed by atoms with Gasteiger partial charge in [0, 0.05) is 41.4 Å². The first-order valence-electron chi connectivity index (χ1n) is 10.3. The molecule has 1 amide bonds. The number of nitrogen functional groups attached to an aromatic ring is 1. The van der Waals surface area contributed by atoms with Crippen LogP contribution in [-0.4, -0.2) is 44.4 Å². The van der Waals surface area contributed by atoms with Crippen LogP contribution in [0.5, 0.6) is 5.75 Å². The van der Waals surface area contributed by atoms with Gasteiger partial charge in [0.25, 0.3) is 5.91 Å². The van der Waals surface area contributed by atoms with Crippen LogP contribution in [0.1, 0.15) is 34.8 Å². The van der Waals surface area contributed by atoms with Crippen molar-refractivity contribution in [3.63, 3.8) is 0 Å². The number of amides is 1. The van der Waals surface area contributed by atoms with Crippen LogP contribution in [0, 0.1) is 0 Å². The third kappa shape index (κ3) is 3.55. The van der Waals surface area contributed by atoms with Crippen LogP contribution < -0.4 is 10.5 Å². The van der Waals surface area contributed by atoms with E-state index in [-0.39, 0.29) is 17.8 Å². The zero-order valence-electron chi connectivity index (χ0n) is 17.9. The van der Waals surface area contributed by atoms with E-state index in [2.05, 4.69) is 19.9 Å². The number of rotatable bonds is 3. The van der Waals surface area contributed by atoms with Crippen LogP contribution in [0.15, 0.2) is 36.8 Å². The predicted octanol–water partition coefficient (Wildman–Crippen LogP) is 4.68. The predicted molar refractivity (Wildman–Crippen MR) is 128 cm³/mol. The molecular formula is C23H20Cl2N6O2. The Morgan fingerprint density at radius 2 is 1.97 bits per heavy atom. The van der Waals surface area contributed by atoms with Gasteiger partial charge in [-0.15, -0.1) is 0 Å². The molecule has 0 unspecified atom stereocenters. The van der Waals surface area contributed by atoms with E-state index in [0.717, 1.165) is 33.3 Å². The van der Waals surface area contributed by atoms with Crippen molar-refractivity contribution in [3.8, 4) is 16.9 Å². The third-order valence-electron chi connectivity index (χ3n) is 5.99. The summed E-state index contributed by atoms with van der Waals surface area (Å²) in [6.45, 7) is 2.50. The first-order chi connectivity index (χ1) is 15.9. The molecule has 0 saturated heterocycles. The Morgan fingerprint density at radius 3 is 2.64 bits per heavy atom. The lowest BCUT2D eigenvalue weighted by Gasteiger charge is -2.33. The van der Waals surface area contributed by atoms with Crippen molar-refractivity contribution in [2.75, 3.05) is 19.4 Å². The Hall–Kier alpha value is -3.36. The lowest BCUT2D eigenvalue weighted by atomic mass is 9.92. The Kier molecular flexibility index (Phi) is 5.34. The number of carbonyl (C=O) groups excluding carboxylic acids is 1. The number of halogens is 2. The van der Waals surface area contributed by atoms with Gasteiger partial charge in [0.15, 0.2) is 5.75 Å².